The lowest BCUT2D eigenvalue weighted by molar-refractivity contribution is 0.0532. The van der Waals surface area contributed by atoms with Crippen molar-refractivity contribution >= 4 is 21.8 Å². The smallest absolute Gasteiger partial charge is 0.274 e. The number of amides is 2. The topological polar surface area (TPSA) is 104 Å². The fraction of sp³-hybridized carbons (Fsp3) is 0.478. The van der Waals surface area contributed by atoms with Gasteiger partial charge in [-0.05, 0) is 37.1 Å². The van der Waals surface area contributed by atoms with E-state index in [9.17, 15) is 18.0 Å². The van der Waals surface area contributed by atoms with Gasteiger partial charge in [-0.1, -0.05) is 19.3 Å². The molecule has 0 radical (unpaired) electrons. The van der Waals surface area contributed by atoms with Gasteiger partial charge in [-0.15, -0.1) is 0 Å². The molecule has 0 bridgehead atoms. The number of carbonyl (C=O) groups is 2. The highest BCUT2D eigenvalue weighted by atomic mass is 32.2. The summed E-state index contributed by atoms with van der Waals surface area (Å²) in [6.45, 7) is 1.60. The van der Waals surface area contributed by atoms with E-state index in [-0.39, 0.29) is 28.4 Å². The predicted octanol–water partition coefficient (Wildman–Crippen LogP) is 2.03. The molecular weight excluding hydrogens is 442 g/mol. The monoisotopic (exact) mass is 471 g/mol. The van der Waals surface area contributed by atoms with Crippen molar-refractivity contribution in [3.63, 3.8) is 0 Å². The van der Waals surface area contributed by atoms with Crippen molar-refractivity contribution in [3.8, 4) is 0 Å². The Kier molecular flexibility index (Phi) is 7.04. The highest BCUT2D eigenvalue weighted by molar-refractivity contribution is 7.89. The first kappa shape index (κ1) is 23.3. The molecule has 2 aromatic rings. The van der Waals surface area contributed by atoms with Gasteiger partial charge in [0.1, 0.15) is 5.69 Å². The molecule has 1 aliphatic heterocycles. The molecular formula is C23H29N5O4S. The number of sulfonamides is 1. The van der Waals surface area contributed by atoms with Gasteiger partial charge in [0, 0.05) is 57.2 Å². The summed E-state index contributed by atoms with van der Waals surface area (Å²) in [6.07, 6.45) is 9.45. The molecule has 33 heavy (non-hydrogen) atoms. The second kappa shape index (κ2) is 9.96. The van der Waals surface area contributed by atoms with Gasteiger partial charge in [-0.25, -0.2) is 13.4 Å². The van der Waals surface area contributed by atoms with Gasteiger partial charge in [0.25, 0.3) is 11.8 Å². The first-order valence-electron chi connectivity index (χ1n) is 11.3. The molecule has 10 heteroatoms. The third-order valence-electron chi connectivity index (χ3n) is 6.50. The Morgan fingerprint density at radius 2 is 1.52 bits per heavy atom. The number of hydrogen-bond donors (Lipinski definition) is 0. The molecule has 4 rings (SSSR count). The maximum absolute atomic E-state index is 13.0. The number of nitrogens with zero attached hydrogens (tertiary/aromatic N) is 5. The summed E-state index contributed by atoms with van der Waals surface area (Å²) in [4.78, 5) is 36.9. The standard InChI is InChI=1S/C23H29N5O4S/c1-26(19-5-3-2-4-6-19)33(31,32)20-9-7-18(8-10-20)22(29)27-13-15-28(16-14-27)23(30)21-17-24-11-12-25-21/h7-12,17,19H,2-6,13-16H2,1H3. The fourth-order valence-electron chi connectivity index (χ4n) is 4.44. The number of aromatic nitrogens is 2. The second-order valence-electron chi connectivity index (χ2n) is 8.51. The minimum Gasteiger partial charge on any atom is -0.335 e. The van der Waals surface area contributed by atoms with Crippen molar-refractivity contribution < 1.29 is 18.0 Å². The predicted molar refractivity (Wildman–Crippen MR) is 122 cm³/mol. The van der Waals surface area contributed by atoms with Crippen LogP contribution in [-0.4, -0.2) is 83.6 Å². The maximum Gasteiger partial charge on any atom is 0.274 e. The second-order valence-corrected chi connectivity index (χ2v) is 10.5. The molecule has 176 valence electrons. The van der Waals surface area contributed by atoms with Crippen molar-refractivity contribution in [2.75, 3.05) is 33.2 Å². The molecule has 9 nitrogen and oxygen atoms in total. The van der Waals surface area contributed by atoms with Gasteiger partial charge < -0.3 is 9.80 Å². The Hall–Kier alpha value is -2.85. The number of rotatable bonds is 5. The molecule has 2 aliphatic rings. The lowest BCUT2D eigenvalue weighted by atomic mass is 9.96. The van der Waals surface area contributed by atoms with Crippen LogP contribution in [0.2, 0.25) is 0 Å². The SMILES string of the molecule is CN(C1CCCCC1)S(=O)(=O)c1ccc(C(=O)N2CCN(C(=O)c3cnccn3)CC2)cc1. The van der Waals surface area contributed by atoms with Crippen LogP contribution in [0.4, 0.5) is 0 Å². The number of benzene rings is 1. The highest BCUT2D eigenvalue weighted by Crippen LogP contribution is 2.26. The van der Waals surface area contributed by atoms with Crippen molar-refractivity contribution in [1.29, 1.82) is 0 Å². The van der Waals surface area contributed by atoms with Crippen LogP contribution < -0.4 is 0 Å². The van der Waals surface area contributed by atoms with E-state index in [4.69, 9.17) is 0 Å². The molecule has 1 saturated carbocycles. The molecule has 2 heterocycles. The van der Waals surface area contributed by atoms with E-state index in [0.717, 1.165) is 32.1 Å². The van der Waals surface area contributed by atoms with E-state index in [1.165, 1.54) is 35.0 Å². The van der Waals surface area contributed by atoms with Gasteiger partial charge in [0.2, 0.25) is 10.0 Å². The molecule has 0 unspecified atom stereocenters. The van der Waals surface area contributed by atoms with Crippen LogP contribution in [0.1, 0.15) is 53.0 Å². The largest absolute Gasteiger partial charge is 0.335 e. The van der Waals surface area contributed by atoms with Crippen molar-refractivity contribution in [2.24, 2.45) is 0 Å². The normalized spacial score (nSPS) is 17.9. The Labute approximate surface area is 194 Å². The van der Waals surface area contributed by atoms with Crippen LogP contribution in [-0.2, 0) is 10.0 Å². The summed E-state index contributed by atoms with van der Waals surface area (Å²) in [6, 6.07) is 6.19. The Bertz CT molecular complexity index is 1080. The Balaban J connectivity index is 1.37. The average molecular weight is 472 g/mol. The first-order valence-corrected chi connectivity index (χ1v) is 12.7. The van der Waals surface area contributed by atoms with Gasteiger partial charge in [0.05, 0.1) is 11.1 Å². The van der Waals surface area contributed by atoms with Crippen LogP contribution in [0.5, 0.6) is 0 Å². The Morgan fingerprint density at radius 1 is 0.909 bits per heavy atom. The lowest BCUT2D eigenvalue weighted by Crippen LogP contribution is -2.50. The summed E-state index contributed by atoms with van der Waals surface area (Å²) in [5.41, 5.74) is 0.718. The molecule has 1 saturated heterocycles. The zero-order valence-corrected chi connectivity index (χ0v) is 19.6. The van der Waals surface area contributed by atoms with E-state index >= 15 is 0 Å². The minimum atomic E-state index is -3.60. The molecule has 2 amide bonds. The third kappa shape index (κ3) is 5.06. The highest BCUT2D eigenvalue weighted by Gasteiger charge is 2.30. The van der Waals surface area contributed by atoms with E-state index in [1.54, 1.807) is 29.0 Å². The molecule has 1 aromatic carbocycles. The summed E-state index contributed by atoms with van der Waals surface area (Å²) in [7, 11) is -1.95. The van der Waals surface area contributed by atoms with E-state index < -0.39 is 10.0 Å². The fourth-order valence-corrected chi connectivity index (χ4v) is 5.86. The average Bonchev–Trinajstić information content (AvgIpc) is 2.88. The zero-order chi connectivity index (χ0) is 23.4. The first-order chi connectivity index (χ1) is 15.9. The van der Waals surface area contributed by atoms with Gasteiger partial charge in [0.15, 0.2) is 0 Å². The number of carbonyl (C=O) groups excluding carboxylic acids is 2. The zero-order valence-electron chi connectivity index (χ0n) is 18.8. The number of hydrogen-bond acceptors (Lipinski definition) is 6. The summed E-state index contributed by atoms with van der Waals surface area (Å²) in [5, 5.41) is 0. The van der Waals surface area contributed by atoms with Crippen molar-refractivity contribution in [1.82, 2.24) is 24.1 Å². The van der Waals surface area contributed by atoms with Crippen molar-refractivity contribution in [2.45, 2.75) is 43.0 Å². The van der Waals surface area contributed by atoms with Crippen LogP contribution in [0, 0.1) is 0 Å². The lowest BCUT2D eigenvalue weighted by Gasteiger charge is -2.34. The minimum absolute atomic E-state index is 0.0333. The summed E-state index contributed by atoms with van der Waals surface area (Å²) >= 11 is 0. The third-order valence-corrected chi connectivity index (χ3v) is 8.43. The molecule has 0 spiro atoms. The molecule has 1 aliphatic carbocycles. The van der Waals surface area contributed by atoms with Crippen molar-refractivity contribution in [3.05, 3.63) is 54.1 Å². The molecule has 1 aromatic heterocycles. The van der Waals surface area contributed by atoms with Crippen LogP contribution in [0.25, 0.3) is 0 Å². The summed E-state index contributed by atoms with van der Waals surface area (Å²) in [5.74, 6) is -0.377. The van der Waals surface area contributed by atoms with Gasteiger partial charge in [-0.2, -0.15) is 4.31 Å². The van der Waals surface area contributed by atoms with Crippen LogP contribution in [0.3, 0.4) is 0 Å². The summed E-state index contributed by atoms with van der Waals surface area (Å²) < 4.78 is 27.5. The molecule has 0 N–H and O–H groups in total. The van der Waals surface area contributed by atoms with E-state index in [0.29, 0.717) is 31.7 Å². The van der Waals surface area contributed by atoms with E-state index in [2.05, 4.69) is 9.97 Å². The van der Waals surface area contributed by atoms with E-state index in [1.807, 2.05) is 0 Å². The van der Waals surface area contributed by atoms with Gasteiger partial charge >= 0.3 is 0 Å². The van der Waals surface area contributed by atoms with Crippen LogP contribution >= 0.6 is 0 Å². The Morgan fingerprint density at radius 3 is 2.09 bits per heavy atom. The van der Waals surface area contributed by atoms with Gasteiger partial charge in [-0.3, -0.25) is 14.6 Å². The van der Waals surface area contributed by atoms with Crippen LogP contribution in [0.15, 0.2) is 47.8 Å². The quantitative estimate of drug-likeness (QED) is 0.661. The maximum atomic E-state index is 13.0. The molecule has 0 atom stereocenters. The molecule has 2 fully saturated rings. The number of piperazine rings is 1.